The molecular formula is C28H30N4O7S. The molecule has 12 heteroatoms. The first-order chi connectivity index (χ1) is 19.1. The maximum atomic E-state index is 13.7. The number of methoxy groups -OCH3 is 1. The van der Waals surface area contributed by atoms with Crippen LogP contribution in [-0.2, 0) is 32.7 Å². The fourth-order valence-electron chi connectivity index (χ4n) is 4.48. The van der Waals surface area contributed by atoms with Crippen LogP contribution in [0.1, 0.15) is 29.5 Å². The quantitative estimate of drug-likeness (QED) is 0.277. The summed E-state index contributed by atoms with van der Waals surface area (Å²) in [6.45, 7) is 2.20. The molecule has 0 aliphatic carbocycles. The summed E-state index contributed by atoms with van der Waals surface area (Å²) in [7, 11) is -2.90. The predicted octanol–water partition coefficient (Wildman–Crippen LogP) is 3.55. The number of sulfonamides is 1. The van der Waals surface area contributed by atoms with E-state index in [0.29, 0.717) is 30.8 Å². The lowest BCUT2D eigenvalue weighted by Crippen LogP contribution is -2.40. The lowest BCUT2D eigenvalue weighted by molar-refractivity contribution is -0.385. The van der Waals surface area contributed by atoms with Gasteiger partial charge in [0.15, 0.2) is 0 Å². The van der Waals surface area contributed by atoms with Crippen LogP contribution in [0, 0.1) is 17.0 Å². The van der Waals surface area contributed by atoms with Gasteiger partial charge in [-0.3, -0.25) is 24.0 Å². The summed E-state index contributed by atoms with van der Waals surface area (Å²) in [5.74, 6) is 0.00758. The number of hydrogen-bond donors (Lipinski definition) is 1. The van der Waals surface area contributed by atoms with Crippen molar-refractivity contribution in [3.05, 3.63) is 93.5 Å². The van der Waals surface area contributed by atoms with E-state index < -0.39 is 27.4 Å². The fourth-order valence-corrected chi connectivity index (χ4v) is 5.92. The van der Waals surface area contributed by atoms with E-state index >= 15 is 0 Å². The van der Waals surface area contributed by atoms with Gasteiger partial charge in [-0.25, -0.2) is 8.42 Å². The Kier molecular flexibility index (Phi) is 8.68. The topological polar surface area (TPSA) is 139 Å². The Morgan fingerprint density at radius 3 is 2.42 bits per heavy atom. The number of ether oxygens (including phenoxy) is 1. The van der Waals surface area contributed by atoms with Crippen molar-refractivity contribution in [1.82, 2.24) is 10.2 Å². The van der Waals surface area contributed by atoms with Crippen molar-refractivity contribution in [2.45, 2.75) is 37.8 Å². The number of benzene rings is 3. The maximum absolute atomic E-state index is 13.7. The van der Waals surface area contributed by atoms with Crippen molar-refractivity contribution in [3.63, 3.8) is 0 Å². The van der Waals surface area contributed by atoms with Gasteiger partial charge in [-0.05, 0) is 54.8 Å². The zero-order valence-electron chi connectivity index (χ0n) is 22.2. The molecule has 11 nitrogen and oxygen atoms in total. The zero-order chi connectivity index (χ0) is 28.9. The van der Waals surface area contributed by atoms with E-state index in [1.807, 2.05) is 24.3 Å². The third kappa shape index (κ3) is 6.40. The number of hydrogen-bond acceptors (Lipinski definition) is 7. The molecule has 3 aromatic carbocycles. The third-order valence-corrected chi connectivity index (χ3v) is 8.51. The highest BCUT2D eigenvalue weighted by atomic mass is 32.2. The Bertz CT molecular complexity index is 1520. The van der Waals surface area contributed by atoms with Gasteiger partial charge in [0.1, 0.15) is 12.3 Å². The molecule has 0 bridgehead atoms. The Balaban J connectivity index is 1.58. The maximum Gasteiger partial charge on any atom is 0.273 e. The Morgan fingerprint density at radius 2 is 1.80 bits per heavy atom. The largest absolute Gasteiger partial charge is 0.497 e. The average molecular weight is 567 g/mol. The van der Waals surface area contributed by atoms with E-state index in [2.05, 4.69) is 5.32 Å². The highest BCUT2D eigenvalue weighted by Gasteiger charge is 2.29. The first-order valence-corrected chi connectivity index (χ1v) is 14.1. The zero-order valence-corrected chi connectivity index (χ0v) is 23.0. The number of rotatable bonds is 11. The number of nitrogens with zero attached hydrogens (tertiary/aromatic N) is 3. The minimum atomic E-state index is -4.37. The van der Waals surface area contributed by atoms with Crippen molar-refractivity contribution in [2.24, 2.45) is 0 Å². The predicted molar refractivity (Wildman–Crippen MR) is 148 cm³/mol. The molecule has 4 rings (SSSR count). The first kappa shape index (κ1) is 28.6. The van der Waals surface area contributed by atoms with Gasteiger partial charge in [0.25, 0.3) is 15.7 Å². The van der Waals surface area contributed by atoms with Gasteiger partial charge in [0, 0.05) is 37.7 Å². The number of nitro groups is 1. The lowest BCUT2D eigenvalue weighted by Gasteiger charge is -2.24. The van der Waals surface area contributed by atoms with Crippen molar-refractivity contribution in [1.29, 1.82) is 0 Å². The van der Waals surface area contributed by atoms with Gasteiger partial charge in [0.05, 0.1) is 22.6 Å². The molecule has 40 heavy (non-hydrogen) atoms. The minimum Gasteiger partial charge on any atom is -0.497 e. The molecule has 1 heterocycles. The number of aryl methyl sites for hydroxylation is 1. The minimum absolute atomic E-state index is 0.0931. The molecule has 0 spiro atoms. The number of anilines is 1. The number of amides is 2. The van der Waals surface area contributed by atoms with Crippen LogP contribution in [0.3, 0.4) is 0 Å². The van der Waals surface area contributed by atoms with E-state index in [0.717, 1.165) is 27.9 Å². The molecule has 1 aliphatic heterocycles. The monoisotopic (exact) mass is 566 g/mol. The number of carbonyl (C=O) groups excluding carboxylic acids is 2. The van der Waals surface area contributed by atoms with Crippen LogP contribution in [0.2, 0.25) is 0 Å². The molecule has 2 amide bonds. The molecule has 0 atom stereocenters. The van der Waals surface area contributed by atoms with Gasteiger partial charge in [-0.2, -0.15) is 0 Å². The standard InChI is InChI=1S/C28H30N4O7S/c1-20-9-14-25(16-26(20)32(35)36)40(37,38)31(23-10-12-24(39-2)13-11-23)19-27(33)29-17-21-6-3-4-7-22(21)18-30-15-5-8-28(30)34/h3-4,6-7,9-14,16H,5,8,15,17-19H2,1-2H3,(H,29,33). The van der Waals surface area contributed by atoms with Crippen LogP contribution >= 0.6 is 0 Å². The molecule has 0 unspecified atom stereocenters. The summed E-state index contributed by atoms with van der Waals surface area (Å²) >= 11 is 0. The number of likely N-dealkylation sites (tertiary alicyclic amines) is 1. The van der Waals surface area contributed by atoms with Crippen LogP contribution < -0.4 is 14.4 Å². The SMILES string of the molecule is COc1ccc(N(CC(=O)NCc2ccccc2CN2CCCC2=O)S(=O)(=O)c2ccc(C)c([N+](=O)[O-])c2)cc1. The van der Waals surface area contributed by atoms with Crippen LogP contribution in [0.5, 0.6) is 5.75 Å². The Labute approximate surface area is 232 Å². The summed E-state index contributed by atoms with van der Waals surface area (Å²) in [4.78, 5) is 37.5. The van der Waals surface area contributed by atoms with Gasteiger partial charge < -0.3 is 15.0 Å². The summed E-state index contributed by atoms with van der Waals surface area (Å²) in [5.41, 5.74) is 1.86. The highest BCUT2D eigenvalue weighted by Crippen LogP contribution is 2.29. The van der Waals surface area contributed by atoms with E-state index in [4.69, 9.17) is 4.74 Å². The van der Waals surface area contributed by atoms with E-state index in [9.17, 15) is 28.1 Å². The van der Waals surface area contributed by atoms with Gasteiger partial charge in [-0.1, -0.05) is 30.3 Å². The molecule has 210 valence electrons. The smallest absolute Gasteiger partial charge is 0.273 e. The second kappa shape index (κ2) is 12.2. The average Bonchev–Trinajstić information content (AvgIpc) is 3.35. The highest BCUT2D eigenvalue weighted by molar-refractivity contribution is 7.92. The second-order valence-electron chi connectivity index (χ2n) is 9.38. The molecular weight excluding hydrogens is 536 g/mol. The Morgan fingerprint density at radius 1 is 1.10 bits per heavy atom. The number of carbonyl (C=O) groups is 2. The summed E-state index contributed by atoms with van der Waals surface area (Å²) < 4.78 is 33.5. The van der Waals surface area contributed by atoms with Gasteiger partial charge >= 0.3 is 0 Å². The molecule has 1 N–H and O–H groups in total. The van der Waals surface area contributed by atoms with Crippen LogP contribution in [-0.4, -0.2) is 50.3 Å². The van der Waals surface area contributed by atoms with Gasteiger partial charge in [0.2, 0.25) is 11.8 Å². The van der Waals surface area contributed by atoms with E-state index in [1.165, 1.54) is 38.3 Å². The van der Waals surface area contributed by atoms with Crippen molar-refractivity contribution < 1.29 is 27.7 Å². The van der Waals surface area contributed by atoms with Crippen molar-refractivity contribution >= 4 is 33.2 Å². The first-order valence-electron chi connectivity index (χ1n) is 12.6. The number of nitro benzene ring substituents is 1. The van der Waals surface area contributed by atoms with Crippen molar-refractivity contribution in [2.75, 3.05) is 24.5 Å². The molecule has 3 aromatic rings. The molecule has 1 aliphatic rings. The van der Waals surface area contributed by atoms with E-state index in [-0.39, 0.29) is 28.7 Å². The summed E-state index contributed by atoms with van der Waals surface area (Å²) in [6, 6.07) is 17.2. The molecule has 0 aromatic heterocycles. The van der Waals surface area contributed by atoms with E-state index in [1.54, 1.807) is 17.0 Å². The van der Waals surface area contributed by atoms with Gasteiger partial charge in [-0.15, -0.1) is 0 Å². The number of nitrogens with one attached hydrogen (secondary N) is 1. The molecule has 1 fully saturated rings. The lowest BCUT2D eigenvalue weighted by atomic mass is 10.1. The normalized spacial score (nSPS) is 13.2. The third-order valence-electron chi connectivity index (χ3n) is 6.74. The van der Waals surface area contributed by atoms with Crippen LogP contribution in [0.25, 0.3) is 0 Å². The second-order valence-corrected chi connectivity index (χ2v) is 11.2. The van der Waals surface area contributed by atoms with Crippen LogP contribution in [0.4, 0.5) is 11.4 Å². The van der Waals surface area contributed by atoms with Crippen molar-refractivity contribution in [3.8, 4) is 5.75 Å². The molecule has 1 saturated heterocycles. The fraction of sp³-hybridized carbons (Fsp3) is 0.286. The Hall–Kier alpha value is -4.45. The summed E-state index contributed by atoms with van der Waals surface area (Å²) in [6.07, 6.45) is 1.34. The molecule has 0 saturated carbocycles. The van der Waals surface area contributed by atoms with Crippen LogP contribution in [0.15, 0.2) is 71.6 Å². The summed E-state index contributed by atoms with van der Waals surface area (Å²) in [5, 5.41) is 14.2. The molecule has 0 radical (unpaired) electrons.